The van der Waals surface area contributed by atoms with E-state index in [1.54, 1.807) is 0 Å². The maximum Gasteiger partial charge on any atom is 0.309 e. The van der Waals surface area contributed by atoms with Gasteiger partial charge in [-0.2, -0.15) is 0 Å². The average Bonchev–Trinajstić information content (AvgIpc) is 2.78. The van der Waals surface area contributed by atoms with Crippen molar-refractivity contribution in [1.29, 1.82) is 0 Å². The van der Waals surface area contributed by atoms with Crippen molar-refractivity contribution in [2.24, 2.45) is 29.6 Å². The Morgan fingerprint density at radius 3 is 1.93 bits per heavy atom. The van der Waals surface area contributed by atoms with E-state index in [1.165, 1.54) is 57.8 Å². The van der Waals surface area contributed by atoms with Crippen LogP contribution in [0, 0.1) is 29.6 Å². The number of carbonyl (C=O) groups is 1. The van der Waals surface area contributed by atoms with E-state index in [1.807, 2.05) is 0 Å². The smallest absolute Gasteiger partial charge is 0.309 e. The van der Waals surface area contributed by atoms with E-state index in [0.717, 1.165) is 56.3 Å². The van der Waals surface area contributed by atoms with Gasteiger partial charge in [0, 0.05) is 0 Å². The Balaban J connectivity index is 1.31. The van der Waals surface area contributed by atoms with Crippen molar-refractivity contribution in [3.63, 3.8) is 0 Å². The Bertz CT molecular complexity index is 513. The second-order valence-corrected chi connectivity index (χ2v) is 10.1. The van der Waals surface area contributed by atoms with E-state index in [-0.39, 0.29) is 18.0 Å². The lowest BCUT2D eigenvalue weighted by atomic mass is 9.78. The summed E-state index contributed by atoms with van der Waals surface area (Å²) < 4.78 is 5.89. The number of hydrogen-bond donors (Lipinski definition) is 0. The first-order valence-corrected chi connectivity index (χ1v) is 12.7. The molecule has 0 unspecified atom stereocenters. The van der Waals surface area contributed by atoms with E-state index < -0.39 is 0 Å². The second-order valence-electron chi connectivity index (χ2n) is 10.1. The Kier molecular flexibility index (Phi) is 9.34. The van der Waals surface area contributed by atoms with Crippen molar-refractivity contribution < 1.29 is 9.53 Å². The van der Waals surface area contributed by atoms with Crippen LogP contribution in [0.2, 0.25) is 0 Å². The van der Waals surface area contributed by atoms with Crippen LogP contribution in [0.4, 0.5) is 0 Å². The summed E-state index contributed by atoms with van der Waals surface area (Å²) >= 11 is 0. The number of carbonyl (C=O) groups excluding carboxylic acids is 1. The van der Waals surface area contributed by atoms with Gasteiger partial charge in [0.15, 0.2) is 0 Å². The van der Waals surface area contributed by atoms with Crippen LogP contribution in [0.25, 0.3) is 0 Å². The van der Waals surface area contributed by atoms with E-state index >= 15 is 0 Å². The number of ether oxygens (including phenoxy) is 1. The van der Waals surface area contributed by atoms with Gasteiger partial charge in [0.25, 0.3) is 0 Å². The van der Waals surface area contributed by atoms with E-state index in [0.29, 0.717) is 5.92 Å². The Labute approximate surface area is 179 Å². The standard InChI is InChI=1S/C27H44O2/c1-3-5-6-22-7-9-23(10-8-22)11-12-24-13-17-25(18-14-24)27(28)29-26-19-15-21(4-2)16-20-26/h3,11-12,21-26H,1,4-10,13-20H2,2H3/b12-11+. The first-order chi connectivity index (χ1) is 14.2. The van der Waals surface area contributed by atoms with Crippen molar-refractivity contribution in [2.45, 2.75) is 109 Å². The van der Waals surface area contributed by atoms with Gasteiger partial charge in [-0.25, -0.2) is 0 Å². The maximum absolute atomic E-state index is 12.6. The van der Waals surface area contributed by atoms with Crippen LogP contribution in [0.15, 0.2) is 24.8 Å². The zero-order chi connectivity index (χ0) is 20.5. The van der Waals surface area contributed by atoms with Gasteiger partial charge in [-0.15, -0.1) is 6.58 Å². The highest BCUT2D eigenvalue weighted by Gasteiger charge is 2.30. The molecule has 0 N–H and O–H groups in total. The lowest BCUT2D eigenvalue weighted by molar-refractivity contribution is -0.157. The Morgan fingerprint density at radius 1 is 0.828 bits per heavy atom. The molecule has 3 aliphatic carbocycles. The molecular weight excluding hydrogens is 356 g/mol. The van der Waals surface area contributed by atoms with Crippen LogP contribution >= 0.6 is 0 Å². The molecule has 0 aromatic carbocycles. The van der Waals surface area contributed by atoms with Crippen LogP contribution in [-0.2, 0) is 9.53 Å². The molecule has 2 nitrogen and oxygen atoms in total. The number of hydrogen-bond acceptors (Lipinski definition) is 2. The molecule has 0 atom stereocenters. The highest BCUT2D eigenvalue weighted by molar-refractivity contribution is 5.72. The van der Waals surface area contributed by atoms with Gasteiger partial charge < -0.3 is 4.74 Å². The minimum Gasteiger partial charge on any atom is -0.462 e. The monoisotopic (exact) mass is 400 g/mol. The molecule has 0 aromatic rings. The summed E-state index contributed by atoms with van der Waals surface area (Å²) in [5, 5.41) is 0. The molecule has 29 heavy (non-hydrogen) atoms. The third kappa shape index (κ3) is 7.30. The third-order valence-electron chi connectivity index (χ3n) is 8.09. The molecule has 164 valence electrons. The van der Waals surface area contributed by atoms with Crippen LogP contribution < -0.4 is 0 Å². The molecule has 3 saturated carbocycles. The van der Waals surface area contributed by atoms with Crippen molar-refractivity contribution in [2.75, 3.05) is 0 Å². The van der Waals surface area contributed by atoms with Crippen molar-refractivity contribution in [1.82, 2.24) is 0 Å². The summed E-state index contributed by atoms with van der Waals surface area (Å²) in [6.07, 6.45) is 25.6. The lowest BCUT2D eigenvalue weighted by Crippen LogP contribution is -2.29. The molecule has 3 fully saturated rings. The highest BCUT2D eigenvalue weighted by Crippen LogP contribution is 2.35. The lowest BCUT2D eigenvalue weighted by Gasteiger charge is -2.31. The van der Waals surface area contributed by atoms with Crippen LogP contribution in [0.3, 0.4) is 0 Å². The topological polar surface area (TPSA) is 26.3 Å². The summed E-state index contributed by atoms with van der Waals surface area (Å²) in [5.74, 6) is 3.51. The summed E-state index contributed by atoms with van der Waals surface area (Å²) in [5.41, 5.74) is 0. The molecule has 3 aliphatic rings. The van der Waals surface area contributed by atoms with Gasteiger partial charge >= 0.3 is 5.97 Å². The average molecular weight is 401 g/mol. The normalized spacial score (nSPS) is 36.0. The number of rotatable bonds is 8. The van der Waals surface area contributed by atoms with Crippen molar-refractivity contribution in [3.05, 3.63) is 24.8 Å². The van der Waals surface area contributed by atoms with Crippen molar-refractivity contribution >= 4 is 5.97 Å². The molecule has 0 bridgehead atoms. The molecule has 2 heteroatoms. The molecule has 0 amide bonds. The van der Waals surface area contributed by atoms with Crippen LogP contribution in [0.1, 0.15) is 103 Å². The summed E-state index contributed by atoms with van der Waals surface area (Å²) in [6.45, 7) is 6.13. The molecular formula is C27H44O2. The first kappa shape index (κ1) is 22.6. The Hall–Kier alpha value is -1.05. The molecule has 0 spiro atoms. The van der Waals surface area contributed by atoms with E-state index in [4.69, 9.17) is 4.74 Å². The van der Waals surface area contributed by atoms with Gasteiger partial charge in [0.2, 0.25) is 0 Å². The van der Waals surface area contributed by atoms with Gasteiger partial charge in [-0.05, 0) is 114 Å². The highest BCUT2D eigenvalue weighted by atomic mass is 16.5. The van der Waals surface area contributed by atoms with Gasteiger partial charge in [0.05, 0.1) is 5.92 Å². The number of esters is 1. The summed E-state index contributed by atoms with van der Waals surface area (Å²) in [4.78, 5) is 12.6. The summed E-state index contributed by atoms with van der Waals surface area (Å²) in [6, 6.07) is 0. The fraction of sp³-hybridized carbons (Fsp3) is 0.815. The number of allylic oxidation sites excluding steroid dienone is 3. The quantitative estimate of drug-likeness (QED) is 0.309. The fourth-order valence-corrected chi connectivity index (χ4v) is 5.80. The van der Waals surface area contributed by atoms with Crippen molar-refractivity contribution in [3.8, 4) is 0 Å². The SMILES string of the molecule is C=CCCC1CCC(/C=C/C2CCC(C(=O)OC3CCC(CC)CC3)CC2)CC1. The minimum absolute atomic E-state index is 0.102. The van der Waals surface area contributed by atoms with Crippen LogP contribution in [0.5, 0.6) is 0 Å². The zero-order valence-corrected chi connectivity index (χ0v) is 18.8. The molecule has 0 aliphatic heterocycles. The molecule has 0 radical (unpaired) electrons. The summed E-state index contributed by atoms with van der Waals surface area (Å²) in [7, 11) is 0. The molecule has 0 aromatic heterocycles. The zero-order valence-electron chi connectivity index (χ0n) is 18.8. The third-order valence-corrected chi connectivity index (χ3v) is 8.09. The van der Waals surface area contributed by atoms with E-state index in [9.17, 15) is 4.79 Å². The predicted octanol–water partition coefficient (Wildman–Crippen LogP) is 7.63. The predicted molar refractivity (Wildman–Crippen MR) is 122 cm³/mol. The Morgan fingerprint density at radius 2 is 1.38 bits per heavy atom. The van der Waals surface area contributed by atoms with Gasteiger partial charge in [0.1, 0.15) is 6.10 Å². The second kappa shape index (κ2) is 12.0. The molecule has 0 heterocycles. The fourth-order valence-electron chi connectivity index (χ4n) is 5.80. The van der Waals surface area contributed by atoms with E-state index in [2.05, 4.69) is 31.7 Å². The first-order valence-electron chi connectivity index (χ1n) is 12.7. The largest absolute Gasteiger partial charge is 0.462 e. The van der Waals surface area contributed by atoms with Crippen LogP contribution in [-0.4, -0.2) is 12.1 Å². The molecule has 3 rings (SSSR count). The van der Waals surface area contributed by atoms with Gasteiger partial charge in [-0.3, -0.25) is 4.79 Å². The maximum atomic E-state index is 12.6. The van der Waals surface area contributed by atoms with Gasteiger partial charge in [-0.1, -0.05) is 31.6 Å². The molecule has 0 saturated heterocycles. The minimum atomic E-state index is 0.102.